The Morgan fingerprint density at radius 2 is 1.58 bits per heavy atom. The monoisotopic (exact) mass is 333 g/mol. The highest BCUT2D eigenvalue weighted by molar-refractivity contribution is 6.11. The van der Waals surface area contributed by atoms with Crippen molar-refractivity contribution in [1.82, 2.24) is 9.13 Å². The lowest BCUT2D eigenvalue weighted by atomic mass is 10.2. The second-order valence-corrected chi connectivity index (χ2v) is 5.93. The Balaban J connectivity index is 0.00000146. The van der Waals surface area contributed by atoms with Gasteiger partial charge in [-0.15, -0.1) is 0 Å². The molecule has 0 saturated carbocycles. The highest BCUT2D eigenvalue weighted by Crippen LogP contribution is 2.29. The zero-order valence-electron chi connectivity index (χ0n) is 13.2. The topological polar surface area (TPSA) is 14.0 Å². The Bertz CT molecular complexity index is 1170. The van der Waals surface area contributed by atoms with Crippen LogP contribution >= 0.6 is 0 Å². The smallest absolute Gasteiger partial charge is 0.254 e. The lowest BCUT2D eigenvalue weighted by molar-refractivity contribution is -0.510. The molecule has 0 fully saturated rings. The Morgan fingerprint density at radius 1 is 0.833 bits per heavy atom. The second kappa shape index (κ2) is 5.39. The molecule has 0 radical (unpaired) electrons. The van der Waals surface area contributed by atoms with E-state index >= 15 is 0 Å². The molecule has 2 aromatic carbocycles. The molecule has 4 heteroatoms. The fraction of sp³-hybridized carbons (Fsp3) is 0.0500. The minimum Gasteiger partial charge on any atom is -1.00 e. The summed E-state index contributed by atoms with van der Waals surface area (Å²) in [5, 5.41) is 2.61. The summed E-state index contributed by atoms with van der Waals surface area (Å²) in [5.41, 5.74) is 4.92. The molecule has 0 aliphatic carbocycles. The summed E-state index contributed by atoms with van der Waals surface area (Å²) in [6, 6.07) is 21.2. The first-order chi connectivity index (χ1) is 11.3. The van der Waals surface area contributed by atoms with Gasteiger partial charge in [0.2, 0.25) is 0 Å². The van der Waals surface area contributed by atoms with Gasteiger partial charge in [-0.05, 0) is 24.3 Å². The summed E-state index contributed by atoms with van der Waals surface area (Å²) in [6.07, 6.45) is 6.47. The van der Waals surface area contributed by atoms with Gasteiger partial charge >= 0.3 is 0 Å². The van der Waals surface area contributed by atoms with Crippen LogP contribution in [-0.2, 0) is 7.05 Å². The molecule has 0 unspecified atom stereocenters. The summed E-state index contributed by atoms with van der Waals surface area (Å²) >= 11 is 0. The molecule has 3 heterocycles. The van der Waals surface area contributed by atoms with Crippen molar-refractivity contribution in [2.24, 2.45) is 7.05 Å². The van der Waals surface area contributed by atoms with Crippen molar-refractivity contribution in [2.75, 3.05) is 0 Å². The SMILES string of the molecule is Cn1c2ccccc2c2cc[n+]3cn(-c4ccccc4)cc3c21.[Cl-]. The number of nitrogens with zero attached hydrogens (tertiary/aromatic N) is 3. The molecule has 3 aromatic heterocycles. The van der Waals surface area contributed by atoms with Crippen LogP contribution in [-0.4, -0.2) is 9.13 Å². The quantitative estimate of drug-likeness (QED) is 0.404. The number of imidazole rings is 1. The third-order valence-electron chi connectivity index (χ3n) is 4.63. The van der Waals surface area contributed by atoms with Gasteiger partial charge in [-0.3, -0.25) is 0 Å². The molecule has 0 amide bonds. The fourth-order valence-corrected chi connectivity index (χ4v) is 3.53. The van der Waals surface area contributed by atoms with Crippen LogP contribution in [0.3, 0.4) is 0 Å². The number of pyridine rings is 1. The van der Waals surface area contributed by atoms with Crippen molar-refractivity contribution in [1.29, 1.82) is 0 Å². The third-order valence-corrected chi connectivity index (χ3v) is 4.63. The van der Waals surface area contributed by atoms with Crippen molar-refractivity contribution >= 4 is 27.3 Å². The Morgan fingerprint density at radius 3 is 2.42 bits per heavy atom. The van der Waals surface area contributed by atoms with E-state index in [0.29, 0.717) is 0 Å². The van der Waals surface area contributed by atoms with E-state index in [0.717, 1.165) is 0 Å². The van der Waals surface area contributed by atoms with E-state index in [1.807, 2.05) is 6.07 Å². The van der Waals surface area contributed by atoms with E-state index in [4.69, 9.17) is 0 Å². The number of hydrogen-bond acceptors (Lipinski definition) is 0. The van der Waals surface area contributed by atoms with Crippen molar-refractivity contribution in [3.05, 3.63) is 79.4 Å². The Kier molecular flexibility index (Phi) is 3.32. The zero-order valence-corrected chi connectivity index (χ0v) is 14.0. The van der Waals surface area contributed by atoms with Gasteiger partial charge < -0.3 is 17.0 Å². The molecule has 0 spiro atoms. The van der Waals surface area contributed by atoms with E-state index in [1.54, 1.807) is 0 Å². The highest BCUT2D eigenvalue weighted by Gasteiger charge is 2.17. The summed E-state index contributed by atoms with van der Waals surface area (Å²) in [6.45, 7) is 0. The number of aromatic nitrogens is 3. The molecule has 3 nitrogen and oxygen atoms in total. The van der Waals surface area contributed by atoms with Crippen LogP contribution < -0.4 is 16.8 Å². The van der Waals surface area contributed by atoms with Crippen LogP contribution in [0, 0.1) is 0 Å². The van der Waals surface area contributed by atoms with Crippen LogP contribution in [0.25, 0.3) is 33.0 Å². The Hall–Kier alpha value is -2.78. The van der Waals surface area contributed by atoms with Gasteiger partial charge in [-0.2, -0.15) is 0 Å². The van der Waals surface area contributed by atoms with Crippen LogP contribution in [0.2, 0.25) is 0 Å². The average Bonchev–Trinajstić information content (AvgIpc) is 3.16. The number of para-hydroxylation sites is 2. The molecule has 0 aliphatic heterocycles. The molecule has 0 aliphatic rings. The summed E-state index contributed by atoms with van der Waals surface area (Å²) < 4.78 is 6.65. The number of aryl methyl sites for hydroxylation is 1. The zero-order chi connectivity index (χ0) is 15.4. The van der Waals surface area contributed by atoms with E-state index in [1.165, 1.54) is 33.0 Å². The van der Waals surface area contributed by atoms with E-state index in [-0.39, 0.29) is 12.4 Å². The Labute approximate surface area is 145 Å². The van der Waals surface area contributed by atoms with Crippen LogP contribution in [0.5, 0.6) is 0 Å². The molecule has 118 valence electrons. The molecule has 0 saturated heterocycles. The van der Waals surface area contributed by atoms with Gasteiger partial charge in [-0.25, -0.2) is 8.97 Å². The molecule has 24 heavy (non-hydrogen) atoms. The number of halogens is 1. The van der Waals surface area contributed by atoms with Gasteiger partial charge in [0.25, 0.3) is 6.33 Å². The predicted molar refractivity (Wildman–Crippen MR) is 92.9 cm³/mol. The van der Waals surface area contributed by atoms with Crippen molar-refractivity contribution in [3.63, 3.8) is 0 Å². The fourth-order valence-electron chi connectivity index (χ4n) is 3.53. The van der Waals surface area contributed by atoms with Gasteiger partial charge in [-0.1, -0.05) is 36.4 Å². The first-order valence-electron chi connectivity index (χ1n) is 7.77. The standard InChI is InChI=1S/C20H16N3.ClH/c1-21-18-10-6-5-9-16(18)17-11-12-22-14-23(13-19(22)20(17)21)15-7-3-2-4-8-15;/h2-14H,1H3;1H/q+1;/p-1. The molecular formula is C20H16ClN3. The predicted octanol–water partition coefficient (Wildman–Crippen LogP) is 0.865. The molecule has 0 bridgehead atoms. The van der Waals surface area contributed by atoms with Crippen LogP contribution in [0.4, 0.5) is 0 Å². The summed E-state index contributed by atoms with van der Waals surface area (Å²) in [4.78, 5) is 0. The number of benzene rings is 2. The average molecular weight is 334 g/mol. The second-order valence-electron chi connectivity index (χ2n) is 5.93. The minimum absolute atomic E-state index is 0. The van der Waals surface area contributed by atoms with Crippen LogP contribution in [0.15, 0.2) is 79.4 Å². The summed E-state index contributed by atoms with van der Waals surface area (Å²) in [7, 11) is 2.14. The molecular weight excluding hydrogens is 318 g/mol. The minimum atomic E-state index is 0. The van der Waals surface area contributed by atoms with Gasteiger partial charge in [0.05, 0.1) is 6.20 Å². The lowest BCUT2D eigenvalue weighted by Gasteiger charge is -1.96. The summed E-state index contributed by atoms with van der Waals surface area (Å²) in [5.74, 6) is 0. The van der Waals surface area contributed by atoms with Gasteiger partial charge in [0.15, 0.2) is 5.52 Å². The van der Waals surface area contributed by atoms with Gasteiger partial charge in [0, 0.05) is 23.3 Å². The van der Waals surface area contributed by atoms with E-state index in [2.05, 4.69) is 93.9 Å². The number of fused-ring (bicyclic) bond motifs is 5. The maximum Gasteiger partial charge on any atom is 0.254 e. The molecule has 5 rings (SSSR count). The van der Waals surface area contributed by atoms with Crippen LogP contribution in [0.1, 0.15) is 0 Å². The third kappa shape index (κ3) is 1.95. The number of hydrogen-bond donors (Lipinski definition) is 0. The van der Waals surface area contributed by atoms with Crippen molar-refractivity contribution in [3.8, 4) is 5.69 Å². The van der Waals surface area contributed by atoms with Gasteiger partial charge in [0.1, 0.15) is 17.4 Å². The van der Waals surface area contributed by atoms with Crippen molar-refractivity contribution < 1.29 is 16.8 Å². The normalized spacial score (nSPS) is 11.2. The van der Waals surface area contributed by atoms with E-state index in [9.17, 15) is 0 Å². The maximum absolute atomic E-state index is 2.29. The van der Waals surface area contributed by atoms with E-state index < -0.39 is 0 Å². The molecule has 5 aromatic rings. The lowest BCUT2D eigenvalue weighted by Crippen LogP contribution is -3.00. The first kappa shape index (κ1) is 14.8. The van der Waals surface area contributed by atoms with Crippen molar-refractivity contribution in [2.45, 2.75) is 0 Å². The first-order valence-corrected chi connectivity index (χ1v) is 7.77. The highest BCUT2D eigenvalue weighted by atomic mass is 35.5. The molecule has 0 atom stereocenters. The maximum atomic E-state index is 2.29. The number of rotatable bonds is 1. The largest absolute Gasteiger partial charge is 1.00 e. The molecule has 0 N–H and O–H groups in total.